The Balaban J connectivity index is 2.08. The Hall–Kier alpha value is -3.34. The number of carbonyl (C=O) groups excluding carboxylic acids is 1. The molecule has 1 heterocycles. The van der Waals surface area contributed by atoms with Crippen LogP contribution in [0.2, 0.25) is 0 Å². The second-order valence-corrected chi connectivity index (χ2v) is 8.77. The van der Waals surface area contributed by atoms with Gasteiger partial charge in [-0.25, -0.2) is 10.8 Å². The fourth-order valence-corrected chi connectivity index (χ4v) is 3.88. The minimum absolute atomic E-state index is 0.0105. The lowest BCUT2D eigenvalue weighted by Gasteiger charge is -2.26. The molecule has 202 valence electrons. The van der Waals surface area contributed by atoms with Crippen molar-refractivity contribution in [3.63, 3.8) is 0 Å². The van der Waals surface area contributed by atoms with Gasteiger partial charge in [-0.15, -0.1) is 0 Å². The quantitative estimate of drug-likeness (QED) is 0.107. The van der Waals surface area contributed by atoms with Crippen molar-refractivity contribution in [3.8, 4) is 0 Å². The summed E-state index contributed by atoms with van der Waals surface area (Å²) in [5.41, 5.74) is 1.58. The van der Waals surface area contributed by atoms with E-state index in [1.165, 1.54) is 5.01 Å². The highest BCUT2D eigenvalue weighted by molar-refractivity contribution is 6.46. The fraction of sp³-hybridized carbons (Fsp3) is 0.481. The molecule has 1 aromatic heterocycles. The molecule has 2 rings (SSSR count). The van der Waals surface area contributed by atoms with E-state index in [-0.39, 0.29) is 36.5 Å². The molecule has 1 aromatic carbocycles. The van der Waals surface area contributed by atoms with Crippen LogP contribution in [-0.2, 0) is 25.7 Å². The average Bonchev–Trinajstić information content (AvgIpc) is 2.89. The Labute approximate surface area is 219 Å². The zero-order chi connectivity index (χ0) is 27.2. The smallest absolute Gasteiger partial charge is 0.228 e. The van der Waals surface area contributed by atoms with Gasteiger partial charge in [-0.05, 0) is 31.4 Å². The molecule has 0 saturated heterocycles. The van der Waals surface area contributed by atoms with Crippen molar-refractivity contribution < 1.29 is 19.1 Å². The van der Waals surface area contributed by atoms with Crippen molar-refractivity contribution in [2.75, 3.05) is 26.1 Å². The number of methoxy groups -OCH3 is 1. The molecular weight excluding hydrogens is 472 g/mol. The third kappa shape index (κ3) is 9.56. The summed E-state index contributed by atoms with van der Waals surface area (Å²) >= 11 is 0. The number of hydrazine groups is 1. The Morgan fingerprint density at radius 2 is 1.92 bits per heavy atom. The third-order valence-corrected chi connectivity index (χ3v) is 5.85. The number of nitrogens with two attached hydrogens (primary N) is 1. The molecule has 0 radical (unpaired) electrons. The van der Waals surface area contributed by atoms with Crippen molar-refractivity contribution in [2.45, 2.75) is 52.9 Å². The van der Waals surface area contributed by atoms with E-state index in [0.29, 0.717) is 35.8 Å². The van der Waals surface area contributed by atoms with E-state index >= 15 is 0 Å². The zero-order valence-corrected chi connectivity index (χ0v) is 22.4. The Morgan fingerprint density at radius 1 is 1.19 bits per heavy atom. The predicted octanol–water partition coefficient (Wildman–Crippen LogP) is 4.18. The molecule has 0 bridgehead atoms. The molecule has 0 aliphatic heterocycles. The topological polar surface area (TPSA) is 135 Å². The summed E-state index contributed by atoms with van der Waals surface area (Å²) in [6.45, 7) is 6.63. The highest BCUT2D eigenvalue weighted by atomic mass is 16.7. The summed E-state index contributed by atoms with van der Waals surface area (Å²) in [5, 5.41) is 16.5. The van der Waals surface area contributed by atoms with Gasteiger partial charge >= 0.3 is 0 Å². The molecule has 10 heteroatoms. The van der Waals surface area contributed by atoms with Crippen LogP contribution in [0.25, 0.3) is 0 Å². The normalized spacial score (nSPS) is 13.9. The number of benzene rings is 1. The number of aromatic nitrogens is 1. The van der Waals surface area contributed by atoms with Gasteiger partial charge < -0.3 is 19.6 Å². The number of pyridine rings is 1. The monoisotopic (exact) mass is 512 g/mol. The first-order valence-electron chi connectivity index (χ1n) is 12.5. The van der Waals surface area contributed by atoms with Crippen LogP contribution in [0, 0.1) is 17.2 Å². The Morgan fingerprint density at radius 3 is 2.54 bits per heavy atom. The number of oxime groups is 1. The molecule has 0 aliphatic rings. The van der Waals surface area contributed by atoms with E-state index in [1.807, 2.05) is 44.2 Å². The fourth-order valence-electron chi connectivity index (χ4n) is 3.88. The van der Waals surface area contributed by atoms with Gasteiger partial charge in [-0.1, -0.05) is 61.8 Å². The van der Waals surface area contributed by atoms with Gasteiger partial charge in [-0.2, -0.15) is 0 Å². The summed E-state index contributed by atoms with van der Waals surface area (Å²) in [4.78, 5) is 23.2. The minimum Gasteiger partial charge on any atom is -0.389 e. The van der Waals surface area contributed by atoms with Crippen LogP contribution in [0.5, 0.6) is 0 Å². The van der Waals surface area contributed by atoms with Crippen molar-refractivity contribution in [1.82, 2.24) is 9.99 Å². The Kier molecular flexibility index (Phi) is 12.7. The van der Waals surface area contributed by atoms with E-state index in [9.17, 15) is 4.79 Å². The lowest BCUT2D eigenvalue weighted by molar-refractivity contribution is -0.137. The SMILES string of the molecule is CCCC(C(=O)Nc1cccc(CO/N=C(\C(=N)N(C)N)c2ccccc2)n1)C(C)CC(OC)OCC. The molecule has 10 nitrogen and oxygen atoms in total. The number of amidine groups is 1. The molecule has 0 saturated carbocycles. The highest BCUT2D eigenvalue weighted by Crippen LogP contribution is 2.25. The number of rotatable bonds is 15. The number of hydrogen-bond donors (Lipinski definition) is 3. The van der Waals surface area contributed by atoms with Gasteiger partial charge in [-0.3, -0.25) is 15.2 Å². The number of ether oxygens (including phenoxy) is 2. The van der Waals surface area contributed by atoms with E-state index < -0.39 is 0 Å². The van der Waals surface area contributed by atoms with Gasteiger partial charge in [0.15, 0.2) is 24.4 Å². The maximum atomic E-state index is 13.2. The first kappa shape index (κ1) is 29.9. The Bertz CT molecular complexity index is 1010. The standard InChI is InChI=1S/C27H40N6O4/c1-6-12-22(19(3)17-24(35-5)36-7-2)27(34)31-23-16-11-15-21(30-23)18-37-32-25(26(28)33(4)29)20-13-9-8-10-14-20/h8-11,13-16,19,22,24,28H,6-7,12,17-18,29H2,1-5H3,(H,30,31,34)/b28-26?,32-25-. The average molecular weight is 513 g/mol. The van der Waals surface area contributed by atoms with Crippen LogP contribution < -0.4 is 11.2 Å². The van der Waals surface area contributed by atoms with Crippen molar-refractivity contribution >= 4 is 23.3 Å². The van der Waals surface area contributed by atoms with E-state index in [0.717, 1.165) is 12.8 Å². The van der Waals surface area contributed by atoms with Crippen LogP contribution in [0.1, 0.15) is 51.3 Å². The van der Waals surface area contributed by atoms with Crippen molar-refractivity contribution in [1.29, 1.82) is 5.41 Å². The van der Waals surface area contributed by atoms with Crippen LogP contribution in [0.4, 0.5) is 5.82 Å². The van der Waals surface area contributed by atoms with Gasteiger partial charge in [0, 0.05) is 38.7 Å². The summed E-state index contributed by atoms with van der Waals surface area (Å²) in [6, 6.07) is 14.5. The first-order valence-corrected chi connectivity index (χ1v) is 12.5. The molecule has 3 atom stereocenters. The number of hydrogen-bond acceptors (Lipinski definition) is 8. The second kappa shape index (κ2) is 15.7. The molecule has 37 heavy (non-hydrogen) atoms. The van der Waals surface area contributed by atoms with Crippen molar-refractivity contribution in [3.05, 3.63) is 59.8 Å². The molecule has 0 aliphatic carbocycles. The maximum absolute atomic E-state index is 13.2. The molecule has 2 aromatic rings. The molecular formula is C27H40N6O4. The lowest BCUT2D eigenvalue weighted by Crippen LogP contribution is -2.38. The number of amides is 1. The summed E-state index contributed by atoms with van der Waals surface area (Å²) in [5.74, 6) is 5.96. The predicted molar refractivity (Wildman–Crippen MR) is 145 cm³/mol. The summed E-state index contributed by atoms with van der Waals surface area (Å²) in [7, 11) is 3.18. The number of likely N-dealkylation sites (N-methyl/N-ethyl adjacent to an activating group) is 1. The maximum Gasteiger partial charge on any atom is 0.228 e. The third-order valence-electron chi connectivity index (χ3n) is 5.85. The molecule has 3 unspecified atom stereocenters. The highest BCUT2D eigenvalue weighted by Gasteiger charge is 2.27. The number of nitrogens with zero attached hydrogens (tertiary/aromatic N) is 3. The van der Waals surface area contributed by atoms with Gasteiger partial charge in [0.05, 0.1) is 5.69 Å². The number of nitrogens with one attached hydrogen (secondary N) is 2. The van der Waals surface area contributed by atoms with E-state index in [4.69, 9.17) is 25.6 Å². The van der Waals surface area contributed by atoms with Crippen LogP contribution >= 0.6 is 0 Å². The van der Waals surface area contributed by atoms with Crippen LogP contribution in [0.15, 0.2) is 53.7 Å². The number of anilines is 1. The molecule has 0 fully saturated rings. The zero-order valence-electron chi connectivity index (χ0n) is 22.4. The summed E-state index contributed by atoms with van der Waals surface area (Å²) in [6.07, 6.45) is 1.91. The second-order valence-electron chi connectivity index (χ2n) is 8.77. The van der Waals surface area contributed by atoms with Crippen LogP contribution in [0.3, 0.4) is 0 Å². The largest absolute Gasteiger partial charge is 0.389 e. The summed E-state index contributed by atoms with van der Waals surface area (Å²) < 4.78 is 11.0. The number of carbonyl (C=O) groups is 1. The van der Waals surface area contributed by atoms with E-state index in [2.05, 4.69) is 22.4 Å². The van der Waals surface area contributed by atoms with Gasteiger partial charge in [0.25, 0.3) is 0 Å². The van der Waals surface area contributed by atoms with Gasteiger partial charge in [0.2, 0.25) is 5.91 Å². The van der Waals surface area contributed by atoms with Gasteiger partial charge in [0.1, 0.15) is 5.82 Å². The first-order chi connectivity index (χ1) is 17.8. The molecule has 1 amide bonds. The van der Waals surface area contributed by atoms with E-state index in [1.54, 1.807) is 32.4 Å². The molecule has 4 N–H and O–H groups in total. The lowest BCUT2D eigenvalue weighted by atomic mass is 9.86. The minimum atomic E-state index is -0.340. The van der Waals surface area contributed by atoms with Crippen molar-refractivity contribution in [2.24, 2.45) is 22.8 Å². The molecule has 0 spiro atoms. The van der Waals surface area contributed by atoms with Crippen LogP contribution in [-0.4, -0.2) is 54.5 Å².